The number of fused-ring (bicyclic) bond motifs is 4. The van der Waals surface area contributed by atoms with E-state index in [-0.39, 0.29) is 25.7 Å². The average molecular weight is 960 g/mol. The van der Waals surface area contributed by atoms with Crippen LogP contribution in [0.25, 0.3) is 61.3 Å². The third kappa shape index (κ3) is 7.72. The van der Waals surface area contributed by atoms with Crippen LogP contribution in [-0.2, 0) is 26.5 Å². The molecular weight excluding hydrogens is 917 g/mol. The van der Waals surface area contributed by atoms with E-state index in [4.69, 9.17) is 14.4 Å². The Hall–Kier alpha value is -5.53. The second-order valence-corrected chi connectivity index (χ2v) is 19.9. The van der Waals surface area contributed by atoms with Gasteiger partial charge in [-0.2, -0.15) is 0 Å². The van der Waals surface area contributed by atoms with Crippen molar-refractivity contribution < 1.29 is 33.3 Å². The number of hydrogen-bond donors (Lipinski definition) is 0. The number of furan rings is 1. The molecule has 0 aliphatic carbocycles. The van der Waals surface area contributed by atoms with Crippen LogP contribution in [0.4, 0.5) is 8.78 Å². The van der Waals surface area contributed by atoms with E-state index in [1.54, 1.807) is 0 Å². The molecule has 4 nitrogen and oxygen atoms in total. The third-order valence-electron chi connectivity index (χ3n) is 10.7. The number of imidazole rings is 1. The Bertz CT molecular complexity index is 2870. The largest absolute Gasteiger partial charge is 0.500 e. The zero-order valence-corrected chi connectivity index (χ0v) is 36.7. The first-order valence-corrected chi connectivity index (χ1v) is 22.3. The molecule has 0 unspecified atom stereocenters. The summed E-state index contributed by atoms with van der Waals surface area (Å²) in [5.41, 5.74) is 9.54. The molecule has 0 N–H and O–H groups in total. The van der Waals surface area contributed by atoms with Gasteiger partial charge in [0.2, 0.25) is 0 Å². The first-order valence-electron chi connectivity index (χ1n) is 19.3. The molecule has 0 saturated carbocycles. The summed E-state index contributed by atoms with van der Waals surface area (Å²) in [4.78, 5) is 9.70. The number of para-hydroxylation sites is 3. The van der Waals surface area contributed by atoms with Crippen LogP contribution in [0.5, 0.6) is 0 Å². The molecule has 293 valence electrons. The van der Waals surface area contributed by atoms with Crippen molar-refractivity contribution in [1.82, 2.24) is 14.5 Å². The molecule has 0 bridgehead atoms. The van der Waals surface area contributed by atoms with E-state index in [1.807, 2.05) is 48.5 Å². The summed E-state index contributed by atoms with van der Waals surface area (Å²) in [6.07, 6.45) is 3.22. The number of halogens is 2. The van der Waals surface area contributed by atoms with Gasteiger partial charge < -0.3 is 14.0 Å². The van der Waals surface area contributed by atoms with Crippen LogP contribution in [0.2, 0.25) is 13.1 Å². The first-order chi connectivity index (χ1) is 27.5. The molecule has 0 amide bonds. The van der Waals surface area contributed by atoms with E-state index < -0.39 is 19.7 Å². The molecular formula is C50H43F2IrN3OSi-2. The van der Waals surface area contributed by atoms with Crippen LogP contribution in [0.15, 0.2) is 138 Å². The van der Waals surface area contributed by atoms with Crippen molar-refractivity contribution in [3.8, 4) is 28.3 Å². The topological polar surface area (TPSA) is 43.9 Å². The zero-order valence-electron chi connectivity index (χ0n) is 33.3. The molecule has 0 saturated heterocycles. The number of aryl methyl sites for hydroxylation is 2. The fourth-order valence-electron chi connectivity index (χ4n) is 7.88. The van der Waals surface area contributed by atoms with Gasteiger partial charge >= 0.3 is 0 Å². The van der Waals surface area contributed by atoms with E-state index >= 15 is 0 Å². The van der Waals surface area contributed by atoms with Crippen molar-refractivity contribution in [2.75, 3.05) is 0 Å². The van der Waals surface area contributed by atoms with Crippen LogP contribution >= 0.6 is 0 Å². The zero-order chi connectivity index (χ0) is 39.8. The third-order valence-corrected chi connectivity index (χ3v) is 14.3. The molecule has 3 heterocycles. The van der Waals surface area contributed by atoms with Crippen LogP contribution in [0, 0.1) is 43.5 Å². The Morgan fingerprint density at radius 2 is 1.53 bits per heavy atom. The summed E-state index contributed by atoms with van der Waals surface area (Å²) in [6.45, 7) is 13.5. The Morgan fingerprint density at radius 3 is 2.26 bits per heavy atom. The van der Waals surface area contributed by atoms with Crippen molar-refractivity contribution in [2.24, 2.45) is 5.92 Å². The van der Waals surface area contributed by atoms with Gasteiger partial charge in [-0.15, -0.1) is 48.0 Å². The molecule has 6 aromatic carbocycles. The monoisotopic (exact) mass is 960 g/mol. The van der Waals surface area contributed by atoms with Gasteiger partial charge in [0.25, 0.3) is 0 Å². The minimum absolute atomic E-state index is 0. The van der Waals surface area contributed by atoms with Gasteiger partial charge in [0.1, 0.15) is 19.5 Å². The average Bonchev–Trinajstić information content (AvgIpc) is 3.78. The van der Waals surface area contributed by atoms with E-state index in [0.29, 0.717) is 33.7 Å². The first kappa shape index (κ1) is 40.7. The minimum Gasteiger partial charge on any atom is -0.500 e. The summed E-state index contributed by atoms with van der Waals surface area (Å²) >= 11 is 0. The molecule has 1 radical (unpaired) electrons. The van der Waals surface area contributed by atoms with Gasteiger partial charge in [-0.05, 0) is 77.8 Å². The predicted octanol–water partition coefficient (Wildman–Crippen LogP) is 11.9. The number of benzene rings is 6. The van der Waals surface area contributed by atoms with Crippen molar-refractivity contribution in [1.29, 1.82) is 0 Å². The van der Waals surface area contributed by atoms with E-state index in [2.05, 4.69) is 118 Å². The molecule has 58 heavy (non-hydrogen) atoms. The number of hydrogen-bond acceptors (Lipinski definition) is 3. The van der Waals surface area contributed by atoms with Crippen molar-refractivity contribution >= 4 is 51.4 Å². The van der Waals surface area contributed by atoms with Crippen molar-refractivity contribution in [2.45, 2.75) is 47.2 Å². The van der Waals surface area contributed by atoms with Crippen LogP contribution in [-0.4, -0.2) is 22.6 Å². The van der Waals surface area contributed by atoms with E-state index in [0.717, 1.165) is 45.5 Å². The number of rotatable bonds is 7. The van der Waals surface area contributed by atoms with Crippen LogP contribution < -0.4 is 10.4 Å². The molecule has 0 aliphatic heterocycles. The maximum Gasteiger partial charge on any atom is 0.126 e. The fourth-order valence-corrected chi connectivity index (χ4v) is 10.6. The molecule has 0 spiro atoms. The summed E-state index contributed by atoms with van der Waals surface area (Å²) in [7, 11) is -1.76. The number of pyridine rings is 1. The molecule has 9 aromatic rings. The van der Waals surface area contributed by atoms with Crippen molar-refractivity contribution in [3.63, 3.8) is 0 Å². The summed E-state index contributed by atoms with van der Waals surface area (Å²) in [6, 6.07) is 47.0. The van der Waals surface area contributed by atoms with E-state index in [1.165, 1.54) is 40.2 Å². The molecule has 8 heteroatoms. The Morgan fingerprint density at radius 1 is 0.810 bits per heavy atom. The van der Waals surface area contributed by atoms with Crippen molar-refractivity contribution in [3.05, 3.63) is 174 Å². The molecule has 9 rings (SSSR count). The maximum atomic E-state index is 14.9. The standard InChI is InChI=1S/C27H17F2N2O.C23H26NSi.Ir/c1-15-6-5-7-16(2)25(15)31-22-9-4-3-8-21(22)30-27(31)19-12-13-20(29)24-18-11-10-17(28)14-23(18)32-26(19)24;1-18(2)15-20-16-22(19-11-7-5-8-12-19)24-17-23(20)25(3,4)21-13-9-6-10-14-21;/h3-11,13-14H,1-2H3;5-11,13-14,16-18H,15H2,1-4H3;/q2*-1;. The molecule has 0 atom stereocenters. The smallest absolute Gasteiger partial charge is 0.126 e. The number of nitrogens with zero attached hydrogens (tertiary/aromatic N) is 3. The summed E-state index contributed by atoms with van der Waals surface area (Å²) in [5.74, 6) is 0.302. The second-order valence-electron chi connectivity index (χ2n) is 15.6. The van der Waals surface area contributed by atoms with Gasteiger partial charge in [-0.25, -0.2) is 4.39 Å². The Balaban J connectivity index is 0.000000179. The van der Waals surface area contributed by atoms with Crippen LogP contribution in [0.1, 0.15) is 30.5 Å². The van der Waals surface area contributed by atoms with E-state index in [9.17, 15) is 8.78 Å². The number of aromatic nitrogens is 3. The quantitative estimate of drug-likeness (QED) is 0.118. The van der Waals surface area contributed by atoms with Crippen LogP contribution in [0.3, 0.4) is 0 Å². The van der Waals surface area contributed by atoms with Gasteiger partial charge in [-0.1, -0.05) is 110 Å². The van der Waals surface area contributed by atoms with Gasteiger partial charge in [0, 0.05) is 49.3 Å². The Labute approximate surface area is 353 Å². The minimum atomic E-state index is -1.76. The Kier molecular flexibility index (Phi) is 11.7. The normalized spacial score (nSPS) is 11.5. The van der Waals surface area contributed by atoms with Gasteiger partial charge in [-0.3, -0.25) is 9.37 Å². The maximum absolute atomic E-state index is 14.9. The molecule has 3 aromatic heterocycles. The second kappa shape index (κ2) is 16.7. The SMILES string of the molecule is CC(C)Cc1cc(-c2[c-]cccc2)ncc1[Si](C)(C)c1ccccc1.Cc1cccc(C)c1-n1c(-c2[c-]cc(F)c3c2oc2cc(F)ccc23)nc2ccccc21.[Ir]. The van der Waals surface area contributed by atoms with Gasteiger partial charge in [0.05, 0.1) is 22.4 Å². The summed E-state index contributed by atoms with van der Waals surface area (Å²) < 4.78 is 36.8. The molecule has 0 aliphatic rings. The predicted molar refractivity (Wildman–Crippen MR) is 232 cm³/mol. The van der Waals surface area contributed by atoms with Gasteiger partial charge in [0.15, 0.2) is 0 Å². The molecule has 0 fully saturated rings. The fraction of sp³-hybridized carbons (Fsp3) is 0.160. The summed E-state index contributed by atoms with van der Waals surface area (Å²) in [5, 5.41) is 3.73.